The molecule has 0 radical (unpaired) electrons. The standard InChI is InChI=1S/C30H52N4O10/c1-22(35)21-34(29(42)23(31)20-28(40)41)19-18-32-25(36)17-16-24(30(43)44)33-26(37)14-12-10-8-6-4-2-3-5-7-9-11-13-15-27(38)39/h23-24H,2-21,31H2,1H3,(H,32,36)(H,33,37)(H,38,39)(H,40,41)(H,43,44)/t23-,24?/m0/s1. The maximum absolute atomic E-state index is 12.4. The Morgan fingerprint density at radius 2 is 1.18 bits per heavy atom. The molecule has 0 aliphatic carbocycles. The Hall–Kier alpha value is -3.55. The first-order valence-corrected chi connectivity index (χ1v) is 15.6. The number of ketones is 1. The van der Waals surface area contributed by atoms with Gasteiger partial charge in [0.25, 0.3) is 0 Å². The van der Waals surface area contributed by atoms with Gasteiger partial charge in [-0.1, -0.05) is 64.2 Å². The normalized spacial score (nSPS) is 12.1. The van der Waals surface area contributed by atoms with Gasteiger partial charge >= 0.3 is 17.9 Å². The van der Waals surface area contributed by atoms with Gasteiger partial charge in [-0.15, -0.1) is 0 Å². The molecule has 3 amide bonds. The number of nitrogens with one attached hydrogen (secondary N) is 2. The number of hydrogen-bond acceptors (Lipinski definition) is 8. The van der Waals surface area contributed by atoms with E-state index in [9.17, 15) is 38.7 Å². The summed E-state index contributed by atoms with van der Waals surface area (Å²) in [6.07, 6.45) is 11.6. The minimum Gasteiger partial charge on any atom is -0.481 e. The van der Waals surface area contributed by atoms with Gasteiger partial charge in [-0.05, 0) is 26.2 Å². The van der Waals surface area contributed by atoms with Crippen molar-refractivity contribution in [1.82, 2.24) is 15.5 Å². The number of carboxylic acids is 3. The van der Waals surface area contributed by atoms with Gasteiger partial charge in [0.1, 0.15) is 11.8 Å². The zero-order chi connectivity index (χ0) is 33.3. The molecular weight excluding hydrogens is 576 g/mol. The fraction of sp³-hybridized carbons (Fsp3) is 0.767. The second-order valence-corrected chi connectivity index (χ2v) is 11.1. The third kappa shape index (κ3) is 23.0. The van der Waals surface area contributed by atoms with E-state index in [1.165, 1.54) is 6.92 Å². The van der Waals surface area contributed by atoms with Gasteiger partial charge in [0, 0.05) is 32.4 Å². The van der Waals surface area contributed by atoms with Crippen molar-refractivity contribution in [3.8, 4) is 0 Å². The van der Waals surface area contributed by atoms with Crippen LogP contribution in [-0.4, -0.2) is 93.4 Å². The van der Waals surface area contributed by atoms with Gasteiger partial charge in [-0.2, -0.15) is 0 Å². The van der Waals surface area contributed by atoms with E-state index in [1.807, 2.05) is 0 Å². The molecule has 0 aliphatic rings. The topological polar surface area (TPSA) is 234 Å². The number of hydrogen-bond donors (Lipinski definition) is 6. The van der Waals surface area contributed by atoms with Crippen LogP contribution in [0.1, 0.15) is 116 Å². The maximum atomic E-state index is 12.4. The van der Waals surface area contributed by atoms with E-state index in [1.54, 1.807) is 0 Å². The van der Waals surface area contributed by atoms with Crippen LogP contribution in [0.2, 0.25) is 0 Å². The van der Waals surface area contributed by atoms with Crippen molar-refractivity contribution in [1.29, 1.82) is 0 Å². The number of nitrogens with zero attached hydrogens (tertiary/aromatic N) is 1. The second-order valence-electron chi connectivity index (χ2n) is 11.1. The maximum Gasteiger partial charge on any atom is 0.326 e. The average molecular weight is 629 g/mol. The quantitative estimate of drug-likeness (QED) is 0.0687. The summed E-state index contributed by atoms with van der Waals surface area (Å²) in [6, 6.07) is -2.56. The molecule has 252 valence electrons. The number of unbranched alkanes of at least 4 members (excludes halogenated alkanes) is 11. The van der Waals surface area contributed by atoms with Crippen molar-refractivity contribution in [2.24, 2.45) is 5.73 Å². The SMILES string of the molecule is CC(=O)CN(CCNC(=O)CCC(NC(=O)CCCCCCCCCCCCCCC(=O)O)C(=O)O)C(=O)[C@@H](N)CC(=O)O. The summed E-state index contributed by atoms with van der Waals surface area (Å²) >= 11 is 0. The summed E-state index contributed by atoms with van der Waals surface area (Å²) < 4.78 is 0. The minimum atomic E-state index is -1.33. The van der Waals surface area contributed by atoms with Crippen molar-refractivity contribution in [2.45, 2.75) is 128 Å². The van der Waals surface area contributed by atoms with Crippen LogP contribution < -0.4 is 16.4 Å². The molecule has 0 fully saturated rings. The van der Waals surface area contributed by atoms with Gasteiger partial charge in [-0.25, -0.2) is 4.79 Å². The molecule has 44 heavy (non-hydrogen) atoms. The zero-order valence-electron chi connectivity index (χ0n) is 26.0. The highest BCUT2D eigenvalue weighted by Gasteiger charge is 2.24. The van der Waals surface area contributed by atoms with Crippen LogP contribution in [0.15, 0.2) is 0 Å². The summed E-state index contributed by atoms with van der Waals surface area (Å²) in [7, 11) is 0. The molecule has 0 aromatic carbocycles. The Labute approximate surface area is 259 Å². The highest BCUT2D eigenvalue weighted by molar-refractivity contribution is 5.89. The number of carbonyl (C=O) groups excluding carboxylic acids is 4. The molecule has 0 aliphatic heterocycles. The molecule has 0 bridgehead atoms. The largest absolute Gasteiger partial charge is 0.481 e. The molecule has 0 heterocycles. The lowest BCUT2D eigenvalue weighted by molar-refractivity contribution is -0.142. The molecule has 14 nitrogen and oxygen atoms in total. The lowest BCUT2D eigenvalue weighted by Crippen LogP contribution is -2.49. The fourth-order valence-corrected chi connectivity index (χ4v) is 4.59. The van der Waals surface area contributed by atoms with Crippen molar-refractivity contribution < 1.29 is 48.9 Å². The summed E-state index contributed by atoms with van der Waals surface area (Å²) in [6.45, 7) is 0.811. The van der Waals surface area contributed by atoms with Crippen LogP contribution in [-0.2, 0) is 33.6 Å². The van der Waals surface area contributed by atoms with E-state index in [4.69, 9.17) is 15.9 Å². The summed E-state index contributed by atoms with van der Waals surface area (Å²) in [5, 5.41) is 31.9. The van der Waals surface area contributed by atoms with Crippen molar-refractivity contribution >= 4 is 41.4 Å². The molecule has 0 aromatic rings. The molecular formula is C30H52N4O10. The third-order valence-corrected chi connectivity index (χ3v) is 6.98. The molecule has 0 rings (SSSR count). The molecule has 14 heteroatoms. The predicted octanol–water partition coefficient (Wildman–Crippen LogP) is 2.22. The van der Waals surface area contributed by atoms with E-state index < -0.39 is 54.1 Å². The number of amides is 3. The fourth-order valence-electron chi connectivity index (χ4n) is 4.59. The summed E-state index contributed by atoms with van der Waals surface area (Å²) in [5.74, 6) is -5.24. The Bertz CT molecular complexity index is 928. The number of nitrogens with two attached hydrogens (primary N) is 1. The third-order valence-electron chi connectivity index (χ3n) is 6.98. The molecule has 2 atom stereocenters. The number of Topliss-reactive ketones (excluding diaryl/α,β-unsaturated/α-hetero) is 1. The van der Waals surface area contributed by atoms with Crippen LogP contribution in [0.25, 0.3) is 0 Å². The van der Waals surface area contributed by atoms with Gasteiger partial charge in [0.05, 0.1) is 19.0 Å². The lowest BCUT2D eigenvalue weighted by atomic mass is 10.0. The summed E-state index contributed by atoms with van der Waals surface area (Å²) in [4.78, 5) is 82.3. The Morgan fingerprint density at radius 3 is 1.64 bits per heavy atom. The number of aliphatic carboxylic acids is 3. The second kappa shape index (κ2) is 24.8. The van der Waals surface area contributed by atoms with Crippen molar-refractivity contribution in [3.63, 3.8) is 0 Å². The monoisotopic (exact) mass is 628 g/mol. The van der Waals surface area contributed by atoms with E-state index in [2.05, 4.69) is 10.6 Å². The van der Waals surface area contributed by atoms with Gasteiger partial charge in [0.15, 0.2) is 0 Å². The first kappa shape index (κ1) is 40.5. The minimum absolute atomic E-state index is 0.0576. The van der Waals surface area contributed by atoms with E-state index >= 15 is 0 Å². The van der Waals surface area contributed by atoms with E-state index in [0.717, 1.165) is 75.5 Å². The van der Waals surface area contributed by atoms with Crippen LogP contribution in [0.3, 0.4) is 0 Å². The molecule has 7 N–H and O–H groups in total. The molecule has 0 saturated heterocycles. The summed E-state index contributed by atoms with van der Waals surface area (Å²) in [5.41, 5.74) is 5.60. The van der Waals surface area contributed by atoms with Gasteiger partial charge < -0.3 is 36.6 Å². The highest BCUT2D eigenvalue weighted by Crippen LogP contribution is 2.13. The van der Waals surface area contributed by atoms with Crippen LogP contribution >= 0.6 is 0 Å². The van der Waals surface area contributed by atoms with E-state index in [-0.39, 0.29) is 51.1 Å². The van der Waals surface area contributed by atoms with Gasteiger partial charge in [-0.3, -0.25) is 28.8 Å². The highest BCUT2D eigenvalue weighted by atomic mass is 16.4. The lowest BCUT2D eigenvalue weighted by Gasteiger charge is -2.24. The van der Waals surface area contributed by atoms with Crippen LogP contribution in [0.4, 0.5) is 0 Å². The number of carboxylic acid groups (broad SMARTS) is 3. The van der Waals surface area contributed by atoms with Crippen LogP contribution in [0, 0.1) is 0 Å². The molecule has 1 unspecified atom stereocenters. The Balaban J connectivity index is 4.15. The Kier molecular flexibility index (Phi) is 22.8. The van der Waals surface area contributed by atoms with E-state index in [0.29, 0.717) is 6.42 Å². The molecule has 0 spiro atoms. The molecule has 0 saturated carbocycles. The first-order chi connectivity index (χ1) is 20.8. The van der Waals surface area contributed by atoms with Crippen molar-refractivity contribution in [2.75, 3.05) is 19.6 Å². The first-order valence-electron chi connectivity index (χ1n) is 15.6. The van der Waals surface area contributed by atoms with Crippen molar-refractivity contribution in [3.05, 3.63) is 0 Å². The predicted molar refractivity (Wildman–Crippen MR) is 162 cm³/mol. The smallest absolute Gasteiger partial charge is 0.326 e. The molecule has 0 aromatic heterocycles. The Morgan fingerprint density at radius 1 is 0.682 bits per heavy atom. The van der Waals surface area contributed by atoms with Crippen LogP contribution in [0.5, 0.6) is 0 Å². The average Bonchev–Trinajstić information content (AvgIpc) is 2.93. The van der Waals surface area contributed by atoms with Gasteiger partial charge in [0.2, 0.25) is 17.7 Å². The zero-order valence-corrected chi connectivity index (χ0v) is 26.0. The number of carbonyl (C=O) groups is 7. The number of rotatable bonds is 28.